The first-order valence-corrected chi connectivity index (χ1v) is 14.7. The second kappa shape index (κ2) is 9.79. The molecule has 0 atom stereocenters. The van der Waals surface area contributed by atoms with Crippen LogP contribution in [0.15, 0.2) is 154 Å². The fourth-order valence-corrected chi connectivity index (χ4v) is 6.14. The lowest BCUT2D eigenvalue weighted by molar-refractivity contribution is 0.668. The van der Waals surface area contributed by atoms with Crippen LogP contribution in [-0.4, -0.2) is 9.97 Å². The maximum absolute atomic E-state index is 6.56. The number of fused-ring (bicyclic) bond motifs is 6. The number of rotatable bonds is 4. The monoisotopic (exact) mass is 564 g/mol. The second-order valence-corrected chi connectivity index (χ2v) is 11.0. The first-order chi connectivity index (χ1) is 21.8. The molecule has 0 aliphatic rings. The van der Waals surface area contributed by atoms with E-state index in [1.54, 1.807) is 0 Å². The zero-order chi connectivity index (χ0) is 29.0. The number of aromatic nitrogens is 2. The highest BCUT2D eigenvalue weighted by atomic mass is 16.3. The predicted octanol–water partition coefficient (Wildman–Crippen LogP) is 10.9. The van der Waals surface area contributed by atoms with Gasteiger partial charge in [0.1, 0.15) is 22.3 Å². The van der Waals surface area contributed by atoms with Gasteiger partial charge in [0.05, 0.1) is 11.4 Å². The van der Waals surface area contributed by atoms with Crippen molar-refractivity contribution in [2.45, 2.75) is 0 Å². The zero-order valence-electron chi connectivity index (χ0n) is 23.6. The van der Waals surface area contributed by atoms with Crippen molar-refractivity contribution in [2.24, 2.45) is 0 Å². The van der Waals surface area contributed by atoms with Gasteiger partial charge in [0, 0.05) is 38.2 Å². The van der Waals surface area contributed by atoms with E-state index in [1.165, 1.54) is 0 Å². The van der Waals surface area contributed by atoms with E-state index >= 15 is 0 Å². The summed E-state index contributed by atoms with van der Waals surface area (Å²) in [4.78, 5) is 10.0. The van der Waals surface area contributed by atoms with E-state index in [0.717, 1.165) is 83.1 Å². The molecule has 0 saturated heterocycles. The molecule has 0 N–H and O–H groups in total. The SMILES string of the molecule is c1ccc(-c2cc(-c3cccc4c3oc3ccc(-c5ccc6oc7ccccc7c6c5)cc34)nc(-c3ccccc3)n2)cc1. The molecule has 0 bridgehead atoms. The van der Waals surface area contributed by atoms with E-state index in [4.69, 9.17) is 18.8 Å². The number of hydrogen-bond donors (Lipinski definition) is 0. The van der Waals surface area contributed by atoms with Gasteiger partial charge in [0.25, 0.3) is 0 Å². The Hall–Kier alpha value is -6.00. The standard InChI is InChI=1S/C40H24N2O2/c1-3-10-25(11-4-1)34-24-35(42-40(41-34)26-12-5-2-6-13-26)31-16-9-15-30-33-23-28(19-21-38(33)44-39(30)31)27-18-20-37-32(22-27)29-14-7-8-17-36(29)43-37/h1-24H. The molecule has 9 rings (SSSR count). The summed E-state index contributed by atoms with van der Waals surface area (Å²) in [6, 6.07) is 49.7. The molecule has 0 unspecified atom stereocenters. The number of nitrogens with zero attached hydrogens (tertiary/aromatic N) is 2. The van der Waals surface area contributed by atoms with Crippen molar-refractivity contribution in [1.82, 2.24) is 9.97 Å². The molecule has 0 fully saturated rings. The average molecular weight is 565 g/mol. The molecule has 0 spiro atoms. The molecule has 9 aromatic rings. The first-order valence-electron chi connectivity index (χ1n) is 14.7. The van der Waals surface area contributed by atoms with Crippen LogP contribution in [0, 0.1) is 0 Å². The fraction of sp³-hybridized carbons (Fsp3) is 0. The van der Waals surface area contributed by atoms with Gasteiger partial charge in [-0.1, -0.05) is 103 Å². The Bertz CT molecular complexity index is 2430. The maximum atomic E-state index is 6.56. The largest absolute Gasteiger partial charge is 0.456 e. The third-order valence-corrected chi connectivity index (χ3v) is 8.31. The van der Waals surface area contributed by atoms with E-state index in [2.05, 4.69) is 84.9 Å². The van der Waals surface area contributed by atoms with Crippen molar-refractivity contribution in [3.63, 3.8) is 0 Å². The van der Waals surface area contributed by atoms with Gasteiger partial charge >= 0.3 is 0 Å². The van der Waals surface area contributed by atoms with E-state index in [-0.39, 0.29) is 0 Å². The minimum atomic E-state index is 0.680. The van der Waals surface area contributed by atoms with Gasteiger partial charge in [-0.3, -0.25) is 0 Å². The summed E-state index contributed by atoms with van der Waals surface area (Å²) < 4.78 is 12.6. The van der Waals surface area contributed by atoms with Crippen LogP contribution in [0.3, 0.4) is 0 Å². The smallest absolute Gasteiger partial charge is 0.160 e. The minimum absolute atomic E-state index is 0.680. The molecule has 206 valence electrons. The number of hydrogen-bond acceptors (Lipinski definition) is 4. The Morgan fingerprint density at radius 2 is 0.955 bits per heavy atom. The molecule has 0 aliphatic carbocycles. The lowest BCUT2D eigenvalue weighted by atomic mass is 10.00. The molecule has 3 aromatic heterocycles. The molecule has 0 amide bonds. The molecule has 3 heterocycles. The van der Waals surface area contributed by atoms with Crippen LogP contribution in [0.25, 0.3) is 88.9 Å². The second-order valence-electron chi connectivity index (χ2n) is 11.0. The number of benzene rings is 6. The van der Waals surface area contributed by atoms with Crippen LogP contribution in [0.4, 0.5) is 0 Å². The highest BCUT2D eigenvalue weighted by molar-refractivity contribution is 6.11. The lowest BCUT2D eigenvalue weighted by Gasteiger charge is -2.09. The topological polar surface area (TPSA) is 52.1 Å². The number of para-hydroxylation sites is 2. The predicted molar refractivity (Wildman–Crippen MR) is 178 cm³/mol. The van der Waals surface area contributed by atoms with Gasteiger partial charge in [-0.25, -0.2) is 9.97 Å². The Morgan fingerprint density at radius 1 is 0.364 bits per heavy atom. The van der Waals surface area contributed by atoms with Crippen LogP contribution >= 0.6 is 0 Å². The van der Waals surface area contributed by atoms with Gasteiger partial charge in [0.2, 0.25) is 0 Å². The molecular weight excluding hydrogens is 540 g/mol. The Kier molecular flexibility index (Phi) is 5.47. The summed E-state index contributed by atoms with van der Waals surface area (Å²) in [6.45, 7) is 0. The van der Waals surface area contributed by atoms with Gasteiger partial charge in [-0.05, 0) is 53.6 Å². The van der Waals surface area contributed by atoms with Crippen LogP contribution in [-0.2, 0) is 0 Å². The molecule has 0 aliphatic heterocycles. The van der Waals surface area contributed by atoms with Crippen LogP contribution < -0.4 is 0 Å². The summed E-state index contributed by atoms with van der Waals surface area (Å²) >= 11 is 0. The summed E-state index contributed by atoms with van der Waals surface area (Å²) in [5.41, 5.74) is 10.3. The average Bonchev–Trinajstić information content (AvgIpc) is 3.66. The van der Waals surface area contributed by atoms with Gasteiger partial charge in [-0.2, -0.15) is 0 Å². The Balaban J connectivity index is 1.21. The highest BCUT2D eigenvalue weighted by Crippen LogP contribution is 2.39. The van der Waals surface area contributed by atoms with Gasteiger partial charge in [-0.15, -0.1) is 0 Å². The Morgan fingerprint density at radius 3 is 1.73 bits per heavy atom. The molecule has 4 heteroatoms. The first kappa shape index (κ1) is 24.6. The molecule has 6 aromatic carbocycles. The van der Waals surface area contributed by atoms with Crippen molar-refractivity contribution < 1.29 is 8.83 Å². The third kappa shape index (κ3) is 4.00. The van der Waals surface area contributed by atoms with Gasteiger partial charge < -0.3 is 8.83 Å². The summed E-state index contributed by atoms with van der Waals surface area (Å²) in [7, 11) is 0. The maximum Gasteiger partial charge on any atom is 0.160 e. The van der Waals surface area contributed by atoms with E-state index < -0.39 is 0 Å². The van der Waals surface area contributed by atoms with Crippen molar-refractivity contribution in [1.29, 1.82) is 0 Å². The lowest BCUT2D eigenvalue weighted by Crippen LogP contribution is -1.96. The molecule has 4 nitrogen and oxygen atoms in total. The quantitative estimate of drug-likeness (QED) is 0.213. The fourth-order valence-electron chi connectivity index (χ4n) is 6.14. The molecule has 44 heavy (non-hydrogen) atoms. The van der Waals surface area contributed by atoms with E-state index in [1.807, 2.05) is 60.7 Å². The normalized spacial score (nSPS) is 11.6. The van der Waals surface area contributed by atoms with Crippen molar-refractivity contribution >= 4 is 43.9 Å². The van der Waals surface area contributed by atoms with Crippen molar-refractivity contribution in [3.8, 4) is 45.0 Å². The van der Waals surface area contributed by atoms with Gasteiger partial charge in [0.15, 0.2) is 5.82 Å². The highest BCUT2D eigenvalue weighted by Gasteiger charge is 2.17. The van der Waals surface area contributed by atoms with Crippen molar-refractivity contribution in [2.75, 3.05) is 0 Å². The molecule has 0 saturated carbocycles. The summed E-state index contributed by atoms with van der Waals surface area (Å²) in [5, 5.41) is 4.36. The summed E-state index contributed by atoms with van der Waals surface area (Å²) in [6.07, 6.45) is 0. The van der Waals surface area contributed by atoms with Crippen molar-refractivity contribution in [3.05, 3.63) is 146 Å². The molecule has 0 radical (unpaired) electrons. The van der Waals surface area contributed by atoms with E-state index in [0.29, 0.717) is 5.82 Å². The minimum Gasteiger partial charge on any atom is -0.456 e. The number of furan rings is 2. The van der Waals surface area contributed by atoms with Crippen LogP contribution in [0.1, 0.15) is 0 Å². The van der Waals surface area contributed by atoms with E-state index in [9.17, 15) is 0 Å². The van der Waals surface area contributed by atoms with Crippen LogP contribution in [0.2, 0.25) is 0 Å². The van der Waals surface area contributed by atoms with Crippen LogP contribution in [0.5, 0.6) is 0 Å². The molecular formula is C40H24N2O2. The third-order valence-electron chi connectivity index (χ3n) is 8.31. The Labute approximate surface area is 252 Å². The summed E-state index contributed by atoms with van der Waals surface area (Å²) in [5.74, 6) is 0.680. The zero-order valence-corrected chi connectivity index (χ0v) is 23.6.